The Morgan fingerprint density at radius 2 is 1.82 bits per heavy atom. The minimum Gasteiger partial charge on any atom is -0.497 e. The molecule has 0 unspecified atom stereocenters. The number of hydrogen-bond acceptors (Lipinski definition) is 5. The molecule has 0 amide bonds. The van der Waals surface area contributed by atoms with E-state index < -0.39 is 0 Å². The molecular weight excluding hydrogens is 218 g/mol. The molecule has 0 fully saturated rings. The molecule has 1 aromatic heterocycles. The Kier molecular flexibility index (Phi) is 3.18. The summed E-state index contributed by atoms with van der Waals surface area (Å²) in [5.74, 6) is 1.46. The van der Waals surface area contributed by atoms with Gasteiger partial charge in [0.1, 0.15) is 11.4 Å². The molecule has 0 N–H and O–H groups in total. The summed E-state index contributed by atoms with van der Waals surface area (Å²) < 4.78 is 10.1. The third-order valence-electron chi connectivity index (χ3n) is 2.33. The Hall–Kier alpha value is -2.17. The van der Waals surface area contributed by atoms with E-state index in [4.69, 9.17) is 9.26 Å². The van der Waals surface area contributed by atoms with Crippen molar-refractivity contribution in [3.05, 3.63) is 35.7 Å². The van der Waals surface area contributed by atoms with E-state index in [1.807, 2.05) is 38.1 Å². The maximum Gasteiger partial charge on any atom is 0.161 e. The van der Waals surface area contributed by atoms with Gasteiger partial charge in [0.15, 0.2) is 11.4 Å². The standard InChI is InChI=1S/C12H13N3O2/c1-8-12(9(2)17-15-8)14-13-10-4-6-11(16-3)7-5-10/h4-7H,1-3H3. The highest BCUT2D eigenvalue weighted by Gasteiger charge is 2.07. The van der Waals surface area contributed by atoms with Crippen molar-refractivity contribution in [2.75, 3.05) is 7.11 Å². The molecule has 0 bridgehead atoms. The molecule has 5 heteroatoms. The smallest absolute Gasteiger partial charge is 0.161 e. The summed E-state index contributed by atoms with van der Waals surface area (Å²) in [7, 11) is 1.63. The van der Waals surface area contributed by atoms with Gasteiger partial charge < -0.3 is 9.26 Å². The maximum atomic E-state index is 5.06. The van der Waals surface area contributed by atoms with Crippen molar-refractivity contribution in [2.24, 2.45) is 10.2 Å². The molecule has 17 heavy (non-hydrogen) atoms. The predicted octanol–water partition coefficient (Wildman–Crippen LogP) is 3.72. The van der Waals surface area contributed by atoms with Gasteiger partial charge in [-0.05, 0) is 38.1 Å². The second-order valence-corrected chi connectivity index (χ2v) is 3.57. The Morgan fingerprint density at radius 3 is 2.35 bits per heavy atom. The SMILES string of the molecule is COc1ccc(N=Nc2c(C)noc2C)cc1. The first-order valence-electron chi connectivity index (χ1n) is 5.19. The van der Waals surface area contributed by atoms with E-state index in [0.29, 0.717) is 11.4 Å². The van der Waals surface area contributed by atoms with Gasteiger partial charge >= 0.3 is 0 Å². The Balaban J connectivity index is 2.20. The second kappa shape index (κ2) is 4.78. The molecular formula is C12H13N3O2. The van der Waals surface area contributed by atoms with Crippen LogP contribution in [0.2, 0.25) is 0 Å². The second-order valence-electron chi connectivity index (χ2n) is 3.57. The highest BCUT2D eigenvalue weighted by Crippen LogP contribution is 2.25. The molecule has 0 saturated carbocycles. The summed E-state index contributed by atoms with van der Waals surface area (Å²) in [5, 5.41) is 12.0. The van der Waals surface area contributed by atoms with Gasteiger partial charge in [0.05, 0.1) is 12.8 Å². The van der Waals surface area contributed by atoms with E-state index in [2.05, 4.69) is 15.4 Å². The van der Waals surface area contributed by atoms with Crippen molar-refractivity contribution >= 4 is 11.4 Å². The van der Waals surface area contributed by atoms with E-state index in [-0.39, 0.29) is 0 Å². The minimum atomic E-state index is 0.666. The third kappa shape index (κ3) is 2.50. The third-order valence-corrected chi connectivity index (χ3v) is 2.33. The first-order valence-corrected chi connectivity index (χ1v) is 5.19. The molecule has 1 heterocycles. The Morgan fingerprint density at radius 1 is 1.12 bits per heavy atom. The average Bonchev–Trinajstić information content (AvgIpc) is 2.67. The van der Waals surface area contributed by atoms with Crippen molar-refractivity contribution in [3.63, 3.8) is 0 Å². The zero-order chi connectivity index (χ0) is 12.3. The van der Waals surface area contributed by atoms with Crippen molar-refractivity contribution in [2.45, 2.75) is 13.8 Å². The van der Waals surface area contributed by atoms with Crippen LogP contribution < -0.4 is 4.74 Å². The maximum absolute atomic E-state index is 5.06. The number of ether oxygens (including phenoxy) is 1. The van der Waals surface area contributed by atoms with Crippen LogP contribution in [0.25, 0.3) is 0 Å². The molecule has 0 radical (unpaired) electrons. The van der Waals surface area contributed by atoms with E-state index in [1.54, 1.807) is 7.11 Å². The molecule has 0 saturated heterocycles. The van der Waals surface area contributed by atoms with Crippen LogP contribution in [0.1, 0.15) is 11.5 Å². The predicted molar refractivity (Wildman–Crippen MR) is 63.1 cm³/mol. The quantitative estimate of drug-likeness (QED) is 0.756. The number of azo groups is 1. The molecule has 5 nitrogen and oxygen atoms in total. The molecule has 1 aromatic carbocycles. The van der Waals surface area contributed by atoms with Crippen LogP contribution in [-0.2, 0) is 0 Å². The van der Waals surface area contributed by atoms with Crippen molar-refractivity contribution in [3.8, 4) is 5.75 Å². The number of hydrogen-bond donors (Lipinski definition) is 0. The topological polar surface area (TPSA) is 60.0 Å². The summed E-state index contributed by atoms with van der Waals surface area (Å²) in [6.07, 6.45) is 0. The zero-order valence-electron chi connectivity index (χ0n) is 9.97. The van der Waals surface area contributed by atoms with Gasteiger partial charge in [-0.1, -0.05) is 5.16 Å². The van der Waals surface area contributed by atoms with E-state index >= 15 is 0 Å². The molecule has 0 aliphatic carbocycles. The van der Waals surface area contributed by atoms with Gasteiger partial charge in [-0.2, -0.15) is 5.11 Å². The van der Waals surface area contributed by atoms with Crippen LogP contribution in [0.4, 0.5) is 11.4 Å². The fourth-order valence-electron chi connectivity index (χ4n) is 1.38. The van der Waals surface area contributed by atoms with Gasteiger partial charge in [-0.15, -0.1) is 5.11 Å². The summed E-state index contributed by atoms with van der Waals surface area (Å²) >= 11 is 0. The molecule has 2 aromatic rings. The highest BCUT2D eigenvalue weighted by molar-refractivity contribution is 5.45. The largest absolute Gasteiger partial charge is 0.497 e. The van der Waals surface area contributed by atoms with Crippen LogP contribution in [0.5, 0.6) is 5.75 Å². The van der Waals surface area contributed by atoms with Gasteiger partial charge in [0.25, 0.3) is 0 Å². The number of benzene rings is 1. The number of methoxy groups -OCH3 is 1. The van der Waals surface area contributed by atoms with Crippen LogP contribution in [0, 0.1) is 13.8 Å². The summed E-state index contributed by atoms with van der Waals surface area (Å²) in [5.41, 5.74) is 2.17. The highest BCUT2D eigenvalue weighted by atomic mass is 16.5. The molecule has 0 aliphatic rings. The van der Waals surface area contributed by atoms with E-state index in [9.17, 15) is 0 Å². The fourth-order valence-corrected chi connectivity index (χ4v) is 1.38. The van der Waals surface area contributed by atoms with Crippen molar-refractivity contribution < 1.29 is 9.26 Å². The molecule has 88 valence electrons. The number of nitrogens with zero attached hydrogens (tertiary/aromatic N) is 3. The lowest BCUT2D eigenvalue weighted by molar-refractivity contribution is 0.393. The van der Waals surface area contributed by atoms with E-state index in [1.165, 1.54) is 0 Å². The Labute approximate surface area is 99.1 Å². The molecule has 0 atom stereocenters. The number of aromatic nitrogens is 1. The van der Waals surface area contributed by atoms with E-state index in [0.717, 1.165) is 17.1 Å². The van der Waals surface area contributed by atoms with Crippen LogP contribution >= 0.6 is 0 Å². The van der Waals surface area contributed by atoms with Crippen molar-refractivity contribution in [1.29, 1.82) is 0 Å². The normalized spacial score (nSPS) is 11.0. The number of rotatable bonds is 3. The zero-order valence-corrected chi connectivity index (χ0v) is 9.97. The van der Waals surface area contributed by atoms with Crippen LogP contribution in [-0.4, -0.2) is 12.3 Å². The lowest BCUT2D eigenvalue weighted by Crippen LogP contribution is -1.79. The minimum absolute atomic E-state index is 0.666. The monoisotopic (exact) mass is 231 g/mol. The fraction of sp³-hybridized carbons (Fsp3) is 0.250. The average molecular weight is 231 g/mol. The van der Waals surface area contributed by atoms with Crippen molar-refractivity contribution in [1.82, 2.24) is 5.16 Å². The number of aryl methyl sites for hydroxylation is 2. The lowest BCUT2D eigenvalue weighted by Gasteiger charge is -1.97. The van der Waals surface area contributed by atoms with Gasteiger partial charge in [0, 0.05) is 0 Å². The first-order chi connectivity index (χ1) is 8.20. The lowest BCUT2D eigenvalue weighted by atomic mass is 10.3. The van der Waals surface area contributed by atoms with Gasteiger partial charge in [-0.3, -0.25) is 0 Å². The molecule has 2 rings (SSSR count). The van der Waals surface area contributed by atoms with Gasteiger partial charge in [-0.25, -0.2) is 0 Å². The molecule has 0 spiro atoms. The molecule has 0 aliphatic heterocycles. The Bertz CT molecular complexity index is 510. The first kappa shape index (κ1) is 11.3. The summed E-state index contributed by atoms with van der Waals surface area (Å²) in [6, 6.07) is 7.34. The van der Waals surface area contributed by atoms with Crippen LogP contribution in [0.3, 0.4) is 0 Å². The van der Waals surface area contributed by atoms with Crippen LogP contribution in [0.15, 0.2) is 39.0 Å². The summed E-state index contributed by atoms with van der Waals surface area (Å²) in [6.45, 7) is 3.64. The summed E-state index contributed by atoms with van der Waals surface area (Å²) in [4.78, 5) is 0. The van der Waals surface area contributed by atoms with Gasteiger partial charge in [0.2, 0.25) is 0 Å².